The topological polar surface area (TPSA) is 48.5 Å². The molecular weight excluding hydrogens is 252 g/mol. The van der Waals surface area contributed by atoms with Gasteiger partial charge in [0.15, 0.2) is 0 Å². The molecule has 0 radical (unpaired) electrons. The number of nitrogens with one attached hydrogen (secondary N) is 1. The predicted octanol–water partition coefficient (Wildman–Crippen LogP) is 1.03. The first kappa shape index (κ1) is 13.1. The first-order valence-electron chi connectivity index (χ1n) is 5.97. The maximum absolute atomic E-state index is 11.7. The first-order valence-corrected chi connectivity index (χ1v) is 6.30. The third kappa shape index (κ3) is 2.73. The van der Waals surface area contributed by atoms with Crippen molar-refractivity contribution in [1.29, 1.82) is 0 Å². The van der Waals surface area contributed by atoms with Gasteiger partial charge in [-0.2, -0.15) is 0 Å². The van der Waals surface area contributed by atoms with E-state index in [2.05, 4.69) is 15.2 Å². The number of rotatable bonds is 2. The molecule has 1 amide bonds. The molecule has 0 unspecified atom stereocenters. The lowest BCUT2D eigenvalue weighted by atomic mass is 10.2. The van der Waals surface area contributed by atoms with Crippen molar-refractivity contribution in [2.45, 2.75) is 6.92 Å². The number of piperazine rings is 1. The summed E-state index contributed by atoms with van der Waals surface area (Å²) < 4.78 is 1.02. The van der Waals surface area contributed by atoms with Crippen LogP contribution in [0.15, 0.2) is 12.1 Å². The summed E-state index contributed by atoms with van der Waals surface area (Å²) in [5.74, 6) is -0.286. The van der Waals surface area contributed by atoms with Gasteiger partial charge in [0.05, 0.1) is 11.4 Å². The third-order valence-electron chi connectivity index (χ3n) is 3.01. The second-order valence-corrected chi connectivity index (χ2v) is 4.83. The number of anilines is 1. The number of aromatic nitrogens is 1. The third-order valence-corrected chi connectivity index (χ3v) is 3.17. The average Bonchev–Trinajstić information content (AvgIpc) is 2.38. The van der Waals surface area contributed by atoms with E-state index in [0.717, 1.165) is 42.0 Å². The van der Waals surface area contributed by atoms with Crippen LogP contribution >= 0.6 is 11.8 Å². The standard InChI is InChI=1S/C12H17ClN4O/c1-9-11(17-7-5-14-6-8-17)4-3-10(15-9)12(18)16(2)13/h3-4,14H,5-8H2,1-2H3. The van der Waals surface area contributed by atoms with Crippen LogP contribution in [0.4, 0.5) is 5.69 Å². The van der Waals surface area contributed by atoms with E-state index in [1.807, 2.05) is 13.0 Å². The molecule has 5 nitrogen and oxygen atoms in total. The summed E-state index contributed by atoms with van der Waals surface area (Å²) >= 11 is 5.63. The Morgan fingerprint density at radius 1 is 1.44 bits per heavy atom. The fraction of sp³-hybridized carbons (Fsp3) is 0.500. The molecule has 1 aromatic rings. The number of aryl methyl sites for hydroxylation is 1. The van der Waals surface area contributed by atoms with Crippen LogP contribution < -0.4 is 10.2 Å². The number of carbonyl (C=O) groups excluding carboxylic acids is 1. The van der Waals surface area contributed by atoms with E-state index in [9.17, 15) is 4.79 Å². The Morgan fingerprint density at radius 3 is 2.67 bits per heavy atom. The summed E-state index contributed by atoms with van der Waals surface area (Å²) in [7, 11) is 1.51. The first-order chi connectivity index (χ1) is 8.59. The highest BCUT2D eigenvalue weighted by molar-refractivity contribution is 6.23. The maximum atomic E-state index is 11.7. The monoisotopic (exact) mass is 268 g/mol. The van der Waals surface area contributed by atoms with Crippen LogP contribution in [-0.2, 0) is 0 Å². The minimum atomic E-state index is -0.286. The molecule has 1 saturated heterocycles. The molecule has 2 heterocycles. The van der Waals surface area contributed by atoms with Gasteiger partial charge in [-0.25, -0.2) is 4.98 Å². The van der Waals surface area contributed by atoms with Crippen molar-refractivity contribution in [3.8, 4) is 0 Å². The molecule has 18 heavy (non-hydrogen) atoms. The zero-order chi connectivity index (χ0) is 13.1. The van der Waals surface area contributed by atoms with Gasteiger partial charge in [-0.1, -0.05) is 0 Å². The second kappa shape index (κ2) is 5.54. The lowest BCUT2D eigenvalue weighted by molar-refractivity contribution is 0.0879. The van der Waals surface area contributed by atoms with Gasteiger partial charge in [0.2, 0.25) is 0 Å². The van der Waals surface area contributed by atoms with E-state index in [4.69, 9.17) is 11.8 Å². The van der Waals surface area contributed by atoms with Crippen molar-refractivity contribution >= 4 is 23.4 Å². The molecule has 1 aliphatic heterocycles. The van der Waals surface area contributed by atoms with Gasteiger partial charge in [0.25, 0.3) is 5.91 Å². The van der Waals surface area contributed by atoms with E-state index in [0.29, 0.717) is 5.69 Å². The normalized spacial score (nSPS) is 15.6. The van der Waals surface area contributed by atoms with Gasteiger partial charge in [-0.15, -0.1) is 0 Å². The molecular formula is C12H17ClN4O. The lowest BCUT2D eigenvalue weighted by Gasteiger charge is -2.30. The number of halogens is 1. The molecule has 0 aromatic carbocycles. The molecule has 0 atom stereocenters. The van der Waals surface area contributed by atoms with Gasteiger partial charge >= 0.3 is 0 Å². The van der Waals surface area contributed by atoms with Crippen molar-refractivity contribution < 1.29 is 4.79 Å². The minimum absolute atomic E-state index is 0.286. The van der Waals surface area contributed by atoms with Crippen LogP contribution in [-0.4, -0.2) is 48.5 Å². The fourth-order valence-electron chi connectivity index (χ4n) is 2.07. The molecule has 0 aliphatic carbocycles. The minimum Gasteiger partial charge on any atom is -0.368 e. The molecule has 0 saturated carbocycles. The van der Waals surface area contributed by atoms with E-state index in [1.54, 1.807) is 6.07 Å². The summed E-state index contributed by atoms with van der Waals surface area (Å²) in [5.41, 5.74) is 2.33. The predicted molar refractivity (Wildman–Crippen MR) is 72.0 cm³/mol. The average molecular weight is 269 g/mol. The van der Waals surface area contributed by atoms with Crippen LogP contribution in [0.25, 0.3) is 0 Å². The van der Waals surface area contributed by atoms with E-state index < -0.39 is 0 Å². The summed E-state index contributed by atoms with van der Waals surface area (Å²) in [6, 6.07) is 3.67. The highest BCUT2D eigenvalue weighted by Crippen LogP contribution is 2.19. The van der Waals surface area contributed by atoms with Crippen molar-refractivity contribution in [1.82, 2.24) is 14.7 Å². The number of carbonyl (C=O) groups is 1. The van der Waals surface area contributed by atoms with Crippen molar-refractivity contribution in [3.63, 3.8) is 0 Å². The summed E-state index contributed by atoms with van der Waals surface area (Å²) in [5, 5.41) is 3.31. The van der Waals surface area contributed by atoms with Crippen LogP contribution in [0.5, 0.6) is 0 Å². The van der Waals surface area contributed by atoms with Crippen molar-refractivity contribution in [2.24, 2.45) is 0 Å². The van der Waals surface area contributed by atoms with Gasteiger partial charge in [-0.3, -0.25) is 9.21 Å². The second-order valence-electron chi connectivity index (χ2n) is 4.32. The molecule has 2 rings (SSSR count). The highest BCUT2D eigenvalue weighted by atomic mass is 35.5. The number of hydrogen-bond acceptors (Lipinski definition) is 4. The Morgan fingerprint density at radius 2 is 2.11 bits per heavy atom. The Hall–Kier alpha value is -1.33. The summed E-state index contributed by atoms with van der Waals surface area (Å²) in [6.07, 6.45) is 0. The smallest absolute Gasteiger partial charge is 0.286 e. The SMILES string of the molecule is Cc1nc(C(=O)N(C)Cl)ccc1N1CCNCC1. The Balaban J connectivity index is 2.21. The molecule has 6 heteroatoms. The largest absolute Gasteiger partial charge is 0.368 e. The molecule has 1 aromatic heterocycles. The van der Waals surface area contributed by atoms with Crippen LogP contribution in [0.1, 0.15) is 16.2 Å². The lowest BCUT2D eigenvalue weighted by Crippen LogP contribution is -2.43. The van der Waals surface area contributed by atoms with E-state index in [1.165, 1.54) is 7.05 Å². The fourth-order valence-corrected chi connectivity index (χ4v) is 2.16. The van der Waals surface area contributed by atoms with Gasteiger partial charge in [0, 0.05) is 45.0 Å². The number of nitrogens with zero attached hydrogens (tertiary/aromatic N) is 3. The number of pyridine rings is 1. The van der Waals surface area contributed by atoms with Gasteiger partial charge in [-0.05, 0) is 19.1 Å². The van der Waals surface area contributed by atoms with Crippen LogP contribution in [0.3, 0.4) is 0 Å². The Bertz CT molecular complexity index is 444. The van der Waals surface area contributed by atoms with Crippen LogP contribution in [0, 0.1) is 6.92 Å². The molecule has 0 bridgehead atoms. The highest BCUT2D eigenvalue weighted by Gasteiger charge is 2.16. The summed E-state index contributed by atoms with van der Waals surface area (Å²) in [6.45, 7) is 5.80. The number of hydrogen-bond donors (Lipinski definition) is 1. The molecule has 1 aliphatic rings. The molecule has 1 fully saturated rings. The zero-order valence-corrected chi connectivity index (χ0v) is 11.4. The van der Waals surface area contributed by atoms with Gasteiger partial charge in [0.1, 0.15) is 5.69 Å². The van der Waals surface area contributed by atoms with E-state index in [-0.39, 0.29) is 5.91 Å². The van der Waals surface area contributed by atoms with Crippen molar-refractivity contribution in [2.75, 3.05) is 38.1 Å². The van der Waals surface area contributed by atoms with Crippen LogP contribution in [0.2, 0.25) is 0 Å². The quantitative estimate of drug-likeness (QED) is 0.814. The van der Waals surface area contributed by atoms with Crippen molar-refractivity contribution in [3.05, 3.63) is 23.5 Å². The maximum Gasteiger partial charge on any atom is 0.286 e. The summed E-state index contributed by atoms with van der Waals surface area (Å²) in [4.78, 5) is 18.3. The van der Waals surface area contributed by atoms with E-state index >= 15 is 0 Å². The Labute approximate surface area is 112 Å². The molecule has 98 valence electrons. The number of amides is 1. The Kier molecular flexibility index (Phi) is 4.04. The zero-order valence-electron chi connectivity index (χ0n) is 10.6. The molecule has 1 N–H and O–H groups in total. The molecule has 0 spiro atoms. The van der Waals surface area contributed by atoms with Gasteiger partial charge < -0.3 is 10.2 Å².